The average Bonchev–Trinajstić information content (AvgIpc) is 3.02. The average molecular weight is 392 g/mol. The van der Waals surface area contributed by atoms with Crippen LogP contribution in [0, 0.1) is 13.8 Å². The summed E-state index contributed by atoms with van der Waals surface area (Å²) in [5.41, 5.74) is 5.49. The van der Waals surface area contributed by atoms with Crippen LogP contribution < -0.4 is 0 Å². The SMILES string of the molecule is Cc1cc2occ(CC(=O)O[C@@H](C)C(=O)c3ccc(C(C)(C)C)cc3)c2cc1C. The van der Waals surface area contributed by atoms with Crippen molar-refractivity contribution in [2.24, 2.45) is 0 Å². The number of hydrogen-bond donors (Lipinski definition) is 0. The molecule has 0 saturated heterocycles. The summed E-state index contributed by atoms with van der Waals surface area (Å²) in [7, 11) is 0. The predicted octanol–water partition coefficient (Wildman–Crippen LogP) is 5.70. The number of fused-ring (bicyclic) bond motifs is 1. The van der Waals surface area contributed by atoms with Crippen molar-refractivity contribution in [2.45, 2.75) is 59.5 Å². The van der Waals surface area contributed by atoms with Gasteiger partial charge in [0.2, 0.25) is 5.78 Å². The fraction of sp³-hybridized carbons (Fsp3) is 0.360. The van der Waals surface area contributed by atoms with E-state index in [2.05, 4.69) is 20.8 Å². The number of esters is 1. The molecule has 29 heavy (non-hydrogen) atoms. The number of benzene rings is 2. The predicted molar refractivity (Wildman–Crippen MR) is 114 cm³/mol. The summed E-state index contributed by atoms with van der Waals surface area (Å²) in [6, 6.07) is 11.5. The first-order valence-electron chi connectivity index (χ1n) is 9.88. The van der Waals surface area contributed by atoms with Gasteiger partial charge in [0.15, 0.2) is 6.10 Å². The van der Waals surface area contributed by atoms with Crippen LogP contribution in [0.3, 0.4) is 0 Å². The van der Waals surface area contributed by atoms with Gasteiger partial charge >= 0.3 is 5.97 Å². The molecule has 0 spiro atoms. The molecular weight excluding hydrogens is 364 g/mol. The Morgan fingerprint density at radius 3 is 2.28 bits per heavy atom. The fourth-order valence-corrected chi connectivity index (χ4v) is 3.29. The first kappa shape index (κ1) is 20.8. The highest BCUT2D eigenvalue weighted by Gasteiger charge is 2.22. The molecule has 3 rings (SSSR count). The second-order valence-electron chi connectivity index (χ2n) is 8.69. The van der Waals surface area contributed by atoms with Crippen LogP contribution in [-0.4, -0.2) is 17.9 Å². The Balaban J connectivity index is 1.67. The maximum atomic E-state index is 12.6. The fourth-order valence-electron chi connectivity index (χ4n) is 3.29. The number of ketones is 1. The maximum absolute atomic E-state index is 12.6. The van der Waals surface area contributed by atoms with E-state index in [4.69, 9.17) is 9.15 Å². The molecule has 3 aromatic rings. The molecule has 0 N–H and O–H groups in total. The van der Waals surface area contributed by atoms with E-state index in [9.17, 15) is 9.59 Å². The molecule has 0 aliphatic rings. The Labute approximate surface area is 171 Å². The van der Waals surface area contributed by atoms with Gasteiger partial charge in [-0.15, -0.1) is 0 Å². The lowest BCUT2D eigenvalue weighted by molar-refractivity contribution is -0.145. The Kier molecular flexibility index (Phi) is 5.65. The minimum absolute atomic E-state index is 0.0178. The minimum atomic E-state index is -0.842. The van der Waals surface area contributed by atoms with E-state index in [1.54, 1.807) is 25.3 Å². The van der Waals surface area contributed by atoms with Gasteiger partial charge in [-0.05, 0) is 55.0 Å². The van der Waals surface area contributed by atoms with Gasteiger partial charge in [0.25, 0.3) is 0 Å². The second kappa shape index (κ2) is 7.86. The maximum Gasteiger partial charge on any atom is 0.311 e. The molecule has 4 nitrogen and oxygen atoms in total. The lowest BCUT2D eigenvalue weighted by Crippen LogP contribution is -2.25. The van der Waals surface area contributed by atoms with Crippen molar-refractivity contribution in [3.63, 3.8) is 0 Å². The van der Waals surface area contributed by atoms with Crippen LogP contribution in [0.4, 0.5) is 0 Å². The summed E-state index contributed by atoms with van der Waals surface area (Å²) >= 11 is 0. The number of aryl methyl sites for hydroxylation is 2. The van der Waals surface area contributed by atoms with Crippen molar-refractivity contribution >= 4 is 22.7 Å². The van der Waals surface area contributed by atoms with Crippen molar-refractivity contribution < 1.29 is 18.7 Å². The largest absolute Gasteiger partial charge is 0.464 e. The molecule has 0 amide bonds. The zero-order chi connectivity index (χ0) is 21.3. The van der Waals surface area contributed by atoms with E-state index in [0.717, 1.165) is 33.2 Å². The van der Waals surface area contributed by atoms with Crippen molar-refractivity contribution in [3.8, 4) is 0 Å². The molecule has 1 aromatic heterocycles. The molecule has 152 valence electrons. The van der Waals surface area contributed by atoms with Crippen LogP contribution in [-0.2, 0) is 21.4 Å². The first-order chi connectivity index (χ1) is 13.6. The van der Waals surface area contributed by atoms with E-state index >= 15 is 0 Å². The summed E-state index contributed by atoms with van der Waals surface area (Å²) < 4.78 is 11.0. The Bertz CT molecular complexity index is 1050. The molecule has 2 aromatic carbocycles. The molecule has 4 heteroatoms. The van der Waals surface area contributed by atoms with Gasteiger partial charge in [0.05, 0.1) is 12.7 Å². The molecule has 0 radical (unpaired) electrons. The van der Waals surface area contributed by atoms with Crippen LogP contribution in [0.1, 0.15) is 60.3 Å². The van der Waals surface area contributed by atoms with Crippen LogP contribution in [0.15, 0.2) is 47.1 Å². The molecule has 1 heterocycles. The highest BCUT2D eigenvalue weighted by molar-refractivity contribution is 6.00. The molecule has 0 unspecified atom stereocenters. The standard InChI is InChI=1S/C25H28O4/c1-15-11-21-19(14-28-22(21)12-16(15)2)13-23(26)29-17(3)24(27)18-7-9-20(10-8-18)25(4,5)6/h7-12,14,17H,13H2,1-6H3/t17-/m0/s1. The van der Waals surface area contributed by atoms with Crippen LogP contribution in [0.5, 0.6) is 0 Å². The van der Waals surface area contributed by atoms with Crippen LogP contribution in [0.25, 0.3) is 11.0 Å². The lowest BCUT2D eigenvalue weighted by Gasteiger charge is -2.19. The van der Waals surface area contributed by atoms with Gasteiger partial charge in [-0.25, -0.2) is 0 Å². The van der Waals surface area contributed by atoms with E-state index in [1.807, 2.05) is 38.1 Å². The number of carbonyl (C=O) groups is 2. The number of hydrogen-bond acceptors (Lipinski definition) is 4. The number of Topliss-reactive ketones (excluding diaryl/α,β-unsaturated/α-hetero) is 1. The smallest absolute Gasteiger partial charge is 0.311 e. The second-order valence-corrected chi connectivity index (χ2v) is 8.69. The van der Waals surface area contributed by atoms with Gasteiger partial charge in [0.1, 0.15) is 5.58 Å². The summed E-state index contributed by atoms with van der Waals surface area (Å²) in [6.45, 7) is 12.0. The number of furan rings is 1. The highest BCUT2D eigenvalue weighted by Crippen LogP contribution is 2.26. The Morgan fingerprint density at radius 1 is 1.03 bits per heavy atom. The zero-order valence-corrected chi connectivity index (χ0v) is 18.0. The summed E-state index contributed by atoms with van der Waals surface area (Å²) in [5, 5.41) is 0.904. The van der Waals surface area contributed by atoms with E-state index < -0.39 is 12.1 Å². The van der Waals surface area contributed by atoms with Crippen LogP contribution in [0.2, 0.25) is 0 Å². The molecule has 0 bridgehead atoms. The van der Waals surface area contributed by atoms with Crippen molar-refractivity contribution in [2.75, 3.05) is 0 Å². The monoisotopic (exact) mass is 392 g/mol. The van der Waals surface area contributed by atoms with Gasteiger partial charge in [-0.1, -0.05) is 45.0 Å². The molecular formula is C25H28O4. The first-order valence-corrected chi connectivity index (χ1v) is 9.88. The van der Waals surface area contributed by atoms with E-state index in [1.165, 1.54) is 0 Å². The number of carbonyl (C=O) groups excluding carboxylic acids is 2. The molecule has 1 atom stereocenters. The van der Waals surface area contributed by atoms with E-state index in [0.29, 0.717) is 5.56 Å². The molecule has 0 saturated carbocycles. The van der Waals surface area contributed by atoms with Gasteiger partial charge in [-0.3, -0.25) is 9.59 Å². The topological polar surface area (TPSA) is 56.5 Å². The molecule has 0 aliphatic heterocycles. The summed E-state index contributed by atoms with van der Waals surface area (Å²) in [4.78, 5) is 25.1. The molecule has 0 fully saturated rings. The van der Waals surface area contributed by atoms with Crippen molar-refractivity contribution in [1.29, 1.82) is 0 Å². The van der Waals surface area contributed by atoms with Gasteiger partial charge in [0, 0.05) is 16.5 Å². The third-order valence-electron chi connectivity index (χ3n) is 5.32. The number of ether oxygens (including phenoxy) is 1. The van der Waals surface area contributed by atoms with Gasteiger partial charge < -0.3 is 9.15 Å². The Morgan fingerprint density at radius 2 is 1.66 bits per heavy atom. The van der Waals surface area contributed by atoms with E-state index in [-0.39, 0.29) is 17.6 Å². The minimum Gasteiger partial charge on any atom is -0.464 e. The van der Waals surface area contributed by atoms with Crippen molar-refractivity contribution in [1.82, 2.24) is 0 Å². The third-order valence-corrected chi connectivity index (χ3v) is 5.32. The lowest BCUT2D eigenvalue weighted by atomic mass is 9.86. The Hall–Kier alpha value is -2.88. The number of rotatable bonds is 5. The zero-order valence-electron chi connectivity index (χ0n) is 18.0. The highest BCUT2D eigenvalue weighted by atomic mass is 16.5. The normalized spacial score (nSPS) is 12.8. The van der Waals surface area contributed by atoms with Gasteiger partial charge in [-0.2, -0.15) is 0 Å². The quantitative estimate of drug-likeness (QED) is 0.412. The summed E-state index contributed by atoms with van der Waals surface area (Å²) in [6.07, 6.45) is 0.809. The van der Waals surface area contributed by atoms with Crippen LogP contribution >= 0.6 is 0 Å². The molecule has 0 aliphatic carbocycles. The summed E-state index contributed by atoms with van der Waals surface area (Å²) in [5.74, 6) is -0.652. The third kappa shape index (κ3) is 4.58. The van der Waals surface area contributed by atoms with Crippen molar-refractivity contribution in [3.05, 3.63) is 70.5 Å².